The minimum Gasteiger partial charge on any atom is -0.497 e. The molecule has 37 heavy (non-hydrogen) atoms. The van der Waals surface area contributed by atoms with Gasteiger partial charge in [0.25, 0.3) is 5.91 Å². The molecule has 0 radical (unpaired) electrons. The van der Waals surface area contributed by atoms with Gasteiger partial charge in [0.15, 0.2) is 0 Å². The average Bonchev–Trinajstić information content (AvgIpc) is 3.67. The van der Waals surface area contributed by atoms with Gasteiger partial charge in [-0.05, 0) is 66.1 Å². The van der Waals surface area contributed by atoms with Crippen LogP contribution in [-0.2, 0) is 6.18 Å². The van der Waals surface area contributed by atoms with Gasteiger partial charge in [-0.2, -0.15) is 18.3 Å². The number of ether oxygens (including phenoxy) is 1. The number of hydrogen-bond donors (Lipinski definition) is 2. The van der Waals surface area contributed by atoms with Crippen LogP contribution in [0, 0.1) is 11.8 Å². The van der Waals surface area contributed by atoms with Gasteiger partial charge in [0, 0.05) is 28.8 Å². The molecule has 3 aromatic rings. The minimum absolute atomic E-state index is 0.0835. The van der Waals surface area contributed by atoms with E-state index in [1.54, 1.807) is 49.7 Å². The van der Waals surface area contributed by atoms with E-state index < -0.39 is 11.7 Å². The minimum atomic E-state index is -4.42. The van der Waals surface area contributed by atoms with Gasteiger partial charge in [0.2, 0.25) is 0 Å². The molecule has 2 aliphatic carbocycles. The Bertz CT molecular complexity index is 1350. The van der Waals surface area contributed by atoms with Crippen molar-refractivity contribution in [3.8, 4) is 5.75 Å². The largest absolute Gasteiger partial charge is 0.497 e. The van der Waals surface area contributed by atoms with Crippen LogP contribution < -0.4 is 15.5 Å². The van der Waals surface area contributed by atoms with E-state index in [9.17, 15) is 18.0 Å². The summed E-state index contributed by atoms with van der Waals surface area (Å²) < 4.78 is 45.6. The lowest BCUT2D eigenvalue weighted by Gasteiger charge is -2.28. The number of rotatable bonds is 7. The fourth-order valence-electron chi connectivity index (χ4n) is 5.14. The Kier molecular flexibility index (Phi) is 6.91. The molecule has 1 saturated carbocycles. The summed E-state index contributed by atoms with van der Waals surface area (Å²) in [5, 5.41) is 8.88. The van der Waals surface area contributed by atoms with Gasteiger partial charge in [0.05, 0.1) is 18.7 Å². The highest BCUT2D eigenvalue weighted by Gasteiger charge is 2.38. The SMILES string of the molecule is COc1ccc(C(=O)N/N=C/C2CCCC[C@@H]2C2=CC2Nc2cc(C(F)(F)F)cc3ccccc23)cc1. The number of halogens is 3. The molecule has 0 heterocycles. The molecule has 0 aromatic heterocycles. The van der Waals surface area contributed by atoms with E-state index in [-0.39, 0.29) is 23.8 Å². The Morgan fingerprint density at radius 1 is 1.05 bits per heavy atom. The summed E-state index contributed by atoms with van der Waals surface area (Å²) in [6.45, 7) is 0. The number of carbonyl (C=O) groups excluding carboxylic acids is 1. The molecule has 3 aromatic carbocycles. The van der Waals surface area contributed by atoms with Crippen LogP contribution in [0.1, 0.15) is 41.6 Å². The first-order chi connectivity index (χ1) is 17.8. The van der Waals surface area contributed by atoms with Gasteiger partial charge in [-0.25, -0.2) is 5.43 Å². The quantitative estimate of drug-likeness (QED) is 0.210. The Balaban J connectivity index is 1.25. The summed E-state index contributed by atoms with van der Waals surface area (Å²) in [7, 11) is 1.57. The molecule has 8 heteroatoms. The van der Waals surface area contributed by atoms with E-state index >= 15 is 0 Å². The molecule has 1 fully saturated rings. The first kappa shape index (κ1) is 24.9. The number of nitrogens with zero attached hydrogens (tertiary/aromatic N) is 1. The van der Waals surface area contributed by atoms with Gasteiger partial charge in [-0.3, -0.25) is 4.79 Å². The summed E-state index contributed by atoms with van der Waals surface area (Å²) in [6, 6.07) is 16.2. The summed E-state index contributed by atoms with van der Waals surface area (Å²) in [5.74, 6) is 0.767. The highest BCUT2D eigenvalue weighted by atomic mass is 19.4. The number of anilines is 1. The second-order valence-corrected chi connectivity index (χ2v) is 9.53. The fourth-order valence-corrected chi connectivity index (χ4v) is 5.14. The predicted octanol–water partition coefficient (Wildman–Crippen LogP) is 6.81. The summed E-state index contributed by atoms with van der Waals surface area (Å²) in [4.78, 5) is 12.4. The second-order valence-electron chi connectivity index (χ2n) is 9.53. The van der Waals surface area contributed by atoms with Crippen molar-refractivity contribution in [2.24, 2.45) is 16.9 Å². The highest BCUT2D eigenvalue weighted by Crippen LogP contribution is 2.44. The van der Waals surface area contributed by atoms with Crippen molar-refractivity contribution in [3.63, 3.8) is 0 Å². The van der Waals surface area contributed by atoms with Crippen molar-refractivity contribution in [2.45, 2.75) is 37.9 Å². The van der Waals surface area contributed by atoms with Crippen molar-refractivity contribution in [3.05, 3.63) is 83.4 Å². The molecule has 2 aliphatic rings. The van der Waals surface area contributed by atoms with Crippen LogP contribution in [0.4, 0.5) is 18.9 Å². The predicted molar refractivity (Wildman–Crippen MR) is 139 cm³/mol. The molecule has 5 nitrogen and oxygen atoms in total. The molecule has 1 amide bonds. The van der Waals surface area contributed by atoms with E-state index in [0.29, 0.717) is 22.4 Å². The first-order valence-corrected chi connectivity index (χ1v) is 12.4. The van der Waals surface area contributed by atoms with Gasteiger partial charge in [-0.1, -0.05) is 43.2 Å². The lowest BCUT2D eigenvalue weighted by molar-refractivity contribution is -0.137. The molecule has 3 atom stereocenters. The number of hydrazone groups is 1. The van der Waals surface area contributed by atoms with Gasteiger partial charge in [-0.15, -0.1) is 0 Å². The number of fused-ring (bicyclic) bond motifs is 1. The van der Waals surface area contributed by atoms with E-state index in [1.165, 1.54) is 17.7 Å². The number of hydrogen-bond acceptors (Lipinski definition) is 4. The maximum atomic E-state index is 13.5. The second kappa shape index (κ2) is 10.3. The number of methoxy groups -OCH3 is 1. The van der Waals surface area contributed by atoms with E-state index in [2.05, 4.69) is 21.9 Å². The third-order valence-corrected chi connectivity index (χ3v) is 7.14. The summed E-state index contributed by atoms with van der Waals surface area (Å²) in [5.41, 5.74) is 4.10. The van der Waals surface area contributed by atoms with Gasteiger partial charge in [0.1, 0.15) is 5.75 Å². The van der Waals surface area contributed by atoms with Gasteiger partial charge >= 0.3 is 6.18 Å². The molecule has 2 N–H and O–H groups in total. The van der Waals surface area contributed by atoms with E-state index in [1.807, 2.05) is 12.1 Å². The van der Waals surface area contributed by atoms with Crippen LogP contribution in [0.3, 0.4) is 0 Å². The lowest BCUT2D eigenvalue weighted by atomic mass is 9.78. The first-order valence-electron chi connectivity index (χ1n) is 12.4. The Hall–Kier alpha value is -3.81. The molecule has 0 aliphatic heterocycles. The Labute approximate surface area is 213 Å². The van der Waals surface area contributed by atoms with Crippen LogP contribution >= 0.6 is 0 Å². The van der Waals surface area contributed by atoms with Crippen LogP contribution in [-0.4, -0.2) is 25.3 Å². The molecule has 0 saturated heterocycles. The molecule has 192 valence electrons. The maximum absolute atomic E-state index is 13.5. The monoisotopic (exact) mass is 507 g/mol. The number of nitrogens with one attached hydrogen (secondary N) is 2. The van der Waals surface area contributed by atoms with E-state index in [4.69, 9.17) is 4.74 Å². The molecule has 5 rings (SSSR count). The van der Waals surface area contributed by atoms with Crippen molar-refractivity contribution >= 4 is 28.6 Å². The van der Waals surface area contributed by atoms with Crippen molar-refractivity contribution in [2.75, 3.05) is 12.4 Å². The fraction of sp³-hybridized carbons (Fsp3) is 0.310. The highest BCUT2D eigenvalue weighted by molar-refractivity contribution is 5.95. The number of benzene rings is 3. The standard InChI is InChI=1S/C29H28F3N3O2/c1-37-22-12-10-18(11-13-22)28(36)35-33-17-20-7-3-4-8-23(20)25-16-27(25)34-26-15-21(29(30,31)32)14-19-6-2-5-9-24(19)26/h2,5-6,9-17,20,23,27,34H,3-4,7-8H2,1H3,(H,35,36)/b33-17+/t20?,23-,27?/m0/s1. The molecule has 0 spiro atoms. The van der Waals surface area contributed by atoms with Crippen LogP contribution in [0.5, 0.6) is 5.75 Å². The lowest BCUT2D eigenvalue weighted by Crippen LogP contribution is -2.25. The number of amides is 1. The van der Waals surface area contributed by atoms with Crippen molar-refractivity contribution in [1.29, 1.82) is 0 Å². The third kappa shape index (κ3) is 5.63. The van der Waals surface area contributed by atoms with Crippen LogP contribution in [0.15, 0.2) is 77.4 Å². The van der Waals surface area contributed by atoms with Crippen molar-refractivity contribution in [1.82, 2.24) is 5.43 Å². The molecular formula is C29H28F3N3O2. The maximum Gasteiger partial charge on any atom is 0.416 e. The smallest absolute Gasteiger partial charge is 0.416 e. The number of carbonyl (C=O) groups is 1. The number of alkyl halides is 3. The zero-order valence-corrected chi connectivity index (χ0v) is 20.4. The average molecular weight is 508 g/mol. The zero-order chi connectivity index (χ0) is 26.0. The summed E-state index contributed by atoms with van der Waals surface area (Å²) >= 11 is 0. The zero-order valence-electron chi connectivity index (χ0n) is 20.4. The molecular weight excluding hydrogens is 479 g/mol. The molecule has 2 unspecified atom stereocenters. The van der Waals surface area contributed by atoms with Gasteiger partial charge < -0.3 is 10.1 Å². The topological polar surface area (TPSA) is 62.7 Å². The van der Waals surface area contributed by atoms with Crippen LogP contribution in [0.2, 0.25) is 0 Å². The summed E-state index contributed by atoms with van der Waals surface area (Å²) in [6.07, 6.45) is 3.57. The Morgan fingerprint density at radius 2 is 1.81 bits per heavy atom. The van der Waals surface area contributed by atoms with E-state index in [0.717, 1.165) is 31.1 Å². The Morgan fingerprint density at radius 3 is 2.57 bits per heavy atom. The normalized spacial score (nSPS) is 21.5. The third-order valence-electron chi connectivity index (χ3n) is 7.14. The van der Waals surface area contributed by atoms with Crippen molar-refractivity contribution < 1.29 is 22.7 Å². The molecule has 0 bridgehead atoms. The van der Waals surface area contributed by atoms with Crippen LogP contribution in [0.25, 0.3) is 10.8 Å².